The zero-order valence-electron chi connectivity index (χ0n) is 17.5. The van der Waals surface area contributed by atoms with Gasteiger partial charge in [-0.1, -0.05) is 59.0 Å². The summed E-state index contributed by atoms with van der Waals surface area (Å²) < 4.78 is 16.8. The lowest BCUT2D eigenvalue weighted by Gasteiger charge is -2.24. The Kier molecular flexibility index (Phi) is 8.43. The third-order valence-electron chi connectivity index (χ3n) is 5.04. The van der Waals surface area contributed by atoms with Gasteiger partial charge in [-0.25, -0.2) is 4.79 Å². The van der Waals surface area contributed by atoms with Crippen molar-refractivity contribution in [1.29, 1.82) is 0 Å². The van der Waals surface area contributed by atoms with Gasteiger partial charge in [-0.2, -0.15) is 0 Å². The Balaban J connectivity index is 1.76. The van der Waals surface area contributed by atoms with Crippen molar-refractivity contribution in [2.75, 3.05) is 14.2 Å². The monoisotopic (exact) mass is 465 g/mol. The maximum Gasteiger partial charge on any atom is 0.360 e. The van der Waals surface area contributed by atoms with Gasteiger partial charge in [-0.15, -0.1) is 0 Å². The van der Waals surface area contributed by atoms with Crippen molar-refractivity contribution in [2.24, 2.45) is 5.16 Å². The number of nitrogens with zero attached hydrogens (tertiary/aromatic N) is 1. The second-order valence-electron chi connectivity index (χ2n) is 7.15. The highest BCUT2D eigenvalue weighted by atomic mass is 35.5. The first-order chi connectivity index (χ1) is 15.0. The number of hydrogen-bond donors (Lipinski definition) is 0. The summed E-state index contributed by atoms with van der Waals surface area (Å²) in [5, 5.41) is 4.60. The van der Waals surface area contributed by atoms with E-state index in [-0.39, 0.29) is 18.4 Å². The van der Waals surface area contributed by atoms with Crippen LogP contribution in [0.3, 0.4) is 0 Å². The minimum absolute atomic E-state index is 0.0523. The third kappa shape index (κ3) is 6.05. The predicted molar refractivity (Wildman–Crippen MR) is 120 cm³/mol. The number of hydrogen-bond acceptors (Lipinski definition) is 6. The number of benzene rings is 2. The molecule has 0 bridgehead atoms. The fraction of sp³-hybridized carbons (Fsp3) is 0.391. The number of methoxy groups -OCH3 is 1. The average molecular weight is 466 g/mol. The van der Waals surface area contributed by atoms with Crippen LogP contribution >= 0.6 is 23.2 Å². The summed E-state index contributed by atoms with van der Waals surface area (Å²) in [6.07, 6.45) is 5.70. The zero-order valence-corrected chi connectivity index (χ0v) is 19.0. The van der Waals surface area contributed by atoms with Crippen molar-refractivity contribution in [3.05, 3.63) is 57.6 Å². The SMILES string of the molecule is CON=C(C(=O)OC)c1ccccc1COc1cc(Cl)c(OC2CCCCC2)c(Cl)c1. The molecular formula is C23H25Cl2NO5. The number of carbonyl (C=O) groups is 1. The van der Waals surface area contributed by atoms with Crippen LogP contribution in [0.5, 0.6) is 11.5 Å². The molecule has 1 saturated carbocycles. The van der Waals surface area contributed by atoms with Gasteiger partial charge in [0.1, 0.15) is 19.5 Å². The molecule has 0 unspecified atom stereocenters. The number of esters is 1. The first-order valence-corrected chi connectivity index (χ1v) is 10.8. The van der Waals surface area contributed by atoms with Crippen LogP contribution < -0.4 is 9.47 Å². The van der Waals surface area contributed by atoms with Crippen LogP contribution in [0.15, 0.2) is 41.6 Å². The molecule has 0 heterocycles. The fourth-order valence-corrected chi connectivity index (χ4v) is 4.06. The van der Waals surface area contributed by atoms with Crippen LogP contribution in [0.4, 0.5) is 0 Å². The zero-order chi connectivity index (χ0) is 22.2. The molecule has 0 aromatic heterocycles. The highest BCUT2D eigenvalue weighted by Gasteiger charge is 2.21. The molecule has 0 aliphatic heterocycles. The van der Waals surface area contributed by atoms with E-state index in [4.69, 9.17) is 42.3 Å². The second kappa shape index (κ2) is 11.3. The van der Waals surface area contributed by atoms with E-state index in [0.29, 0.717) is 27.1 Å². The maximum atomic E-state index is 12.1. The summed E-state index contributed by atoms with van der Waals surface area (Å²) in [5.41, 5.74) is 1.32. The van der Waals surface area contributed by atoms with Gasteiger partial charge in [-0.3, -0.25) is 0 Å². The topological polar surface area (TPSA) is 66.4 Å². The van der Waals surface area contributed by atoms with Gasteiger partial charge in [0.05, 0.1) is 23.3 Å². The Morgan fingerprint density at radius 1 is 1.06 bits per heavy atom. The van der Waals surface area contributed by atoms with E-state index in [0.717, 1.165) is 31.2 Å². The highest BCUT2D eigenvalue weighted by molar-refractivity contribution is 6.43. The molecule has 0 atom stereocenters. The van der Waals surface area contributed by atoms with E-state index in [1.54, 1.807) is 24.3 Å². The van der Waals surface area contributed by atoms with Gasteiger partial charge in [0, 0.05) is 17.7 Å². The fourth-order valence-electron chi connectivity index (χ4n) is 3.50. The standard InChI is InChI=1S/C23H25Cl2NO5/c1-28-23(27)21(26-29-2)18-11-7-6-8-15(18)14-30-17-12-19(24)22(20(25)13-17)31-16-9-4-3-5-10-16/h6-8,11-13,16H,3-5,9-10,14H2,1-2H3. The predicted octanol–water partition coefficient (Wildman–Crippen LogP) is 5.81. The molecule has 166 valence electrons. The largest absolute Gasteiger partial charge is 0.489 e. The number of oxime groups is 1. The maximum absolute atomic E-state index is 12.1. The number of halogens is 2. The minimum Gasteiger partial charge on any atom is -0.489 e. The normalized spacial score (nSPS) is 14.8. The van der Waals surface area contributed by atoms with Crippen molar-refractivity contribution in [2.45, 2.75) is 44.8 Å². The molecule has 0 amide bonds. The van der Waals surface area contributed by atoms with Gasteiger partial charge >= 0.3 is 5.97 Å². The average Bonchev–Trinajstić information content (AvgIpc) is 2.79. The van der Waals surface area contributed by atoms with Crippen LogP contribution in [0.1, 0.15) is 43.2 Å². The van der Waals surface area contributed by atoms with E-state index < -0.39 is 5.97 Å². The Morgan fingerprint density at radius 3 is 2.39 bits per heavy atom. The van der Waals surface area contributed by atoms with Crippen molar-refractivity contribution >= 4 is 34.9 Å². The summed E-state index contributed by atoms with van der Waals surface area (Å²) in [5.74, 6) is 0.372. The molecule has 0 N–H and O–H groups in total. The summed E-state index contributed by atoms with van der Waals surface area (Å²) in [4.78, 5) is 16.9. The van der Waals surface area contributed by atoms with E-state index in [9.17, 15) is 4.79 Å². The quantitative estimate of drug-likeness (QED) is 0.279. The molecular weight excluding hydrogens is 441 g/mol. The minimum atomic E-state index is -0.607. The van der Waals surface area contributed by atoms with Crippen LogP contribution in [0.25, 0.3) is 0 Å². The van der Waals surface area contributed by atoms with Crippen LogP contribution in [-0.4, -0.2) is 32.0 Å². The summed E-state index contributed by atoms with van der Waals surface area (Å²) in [6, 6.07) is 10.6. The van der Waals surface area contributed by atoms with Crippen LogP contribution in [0.2, 0.25) is 10.0 Å². The molecule has 31 heavy (non-hydrogen) atoms. The van der Waals surface area contributed by atoms with Crippen LogP contribution in [0, 0.1) is 0 Å². The Morgan fingerprint density at radius 2 is 1.74 bits per heavy atom. The first kappa shape index (κ1) is 23.2. The first-order valence-electron chi connectivity index (χ1n) is 10.1. The van der Waals surface area contributed by atoms with Crippen LogP contribution in [-0.2, 0) is 21.0 Å². The molecule has 0 saturated heterocycles. The number of carbonyl (C=O) groups excluding carboxylic acids is 1. The smallest absolute Gasteiger partial charge is 0.360 e. The lowest BCUT2D eigenvalue weighted by molar-refractivity contribution is -0.132. The van der Waals surface area contributed by atoms with E-state index >= 15 is 0 Å². The molecule has 0 spiro atoms. The highest BCUT2D eigenvalue weighted by Crippen LogP contribution is 2.39. The molecule has 0 radical (unpaired) electrons. The summed E-state index contributed by atoms with van der Waals surface area (Å²) >= 11 is 12.9. The molecule has 3 rings (SSSR count). The van der Waals surface area contributed by atoms with Crippen molar-refractivity contribution < 1.29 is 23.8 Å². The molecule has 1 aliphatic rings. The van der Waals surface area contributed by atoms with E-state index in [1.807, 2.05) is 12.1 Å². The van der Waals surface area contributed by atoms with E-state index in [1.165, 1.54) is 20.6 Å². The lowest BCUT2D eigenvalue weighted by Crippen LogP contribution is -2.20. The van der Waals surface area contributed by atoms with Crippen molar-refractivity contribution in [1.82, 2.24) is 0 Å². The van der Waals surface area contributed by atoms with Crippen molar-refractivity contribution in [3.63, 3.8) is 0 Å². The summed E-state index contributed by atoms with van der Waals surface area (Å²) in [6.45, 7) is 0.158. The molecule has 6 nitrogen and oxygen atoms in total. The molecule has 2 aromatic carbocycles. The molecule has 2 aromatic rings. The third-order valence-corrected chi connectivity index (χ3v) is 5.60. The van der Waals surface area contributed by atoms with Gasteiger partial charge in [0.2, 0.25) is 0 Å². The summed E-state index contributed by atoms with van der Waals surface area (Å²) in [7, 11) is 2.65. The Hall–Kier alpha value is -2.44. The van der Waals surface area contributed by atoms with Gasteiger partial charge in [-0.05, 0) is 31.2 Å². The molecule has 8 heteroatoms. The lowest BCUT2D eigenvalue weighted by atomic mass is 9.98. The Labute approximate surface area is 192 Å². The van der Waals surface area contributed by atoms with Crippen molar-refractivity contribution in [3.8, 4) is 11.5 Å². The van der Waals surface area contributed by atoms with E-state index in [2.05, 4.69) is 5.16 Å². The van der Waals surface area contributed by atoms with Gasteiger partial charge in [0.15, 0.2) is 11.5 Å². The Bertz CT molecular complexity index is 918. The number of ether oxygens (including phenoxy) is 3. The molecule has 1 fully saturated rings. The van der Waals surface area contributed by atoms with Gasteiger partial charge < -0.3 is 19.0 Å². The number of rotatable bonds is 8. The second-order valence-corrected chi connectivity index (χ2v) is 7.97. The molecule has 1 aliphatic carbocycles. The van der Waals surface area contributed by atoms with Gasteiger partial charge in [0.25, 0.3) is 0 Å².